The van der Waals surface area contributed by atoms with Gasteiger partial charge in [-0.25, -0.2) is 4.39 Å². The molecule has 0 fully saturated rings. The molecule has 0 aromatic heterocycles. The Hall–Kier alpha value is -0.940. The number of Topliss-reactive ketones (excluding diaryl/α,β-unsaturated/α-hetero) is 1. The Bertz CT molecular complexity index is 356. The maximum Gasteiger partial charge on any atom is 0.179 e. The topological polar surface area (TPSA) is 63.3 Å². The Morgan fingerprint density at radius 1 is 1.64 bits per heavy atom. The van der Waals surface area contributed by atoms with Gasteiger partial charge < -0.3 is 10.8 Å². The number of phenols is 1. The van der Waals surface area contributed by atoms with Crippen LogP contribution in [0.4, 0.5) is 4.39 Å². The van der Waals surface area contributed by atoms with Crippen molar-refractivity contribution < 1.29 is 14.3 Å². The van der Waals surface area contributed by atoms with Gasteiger partial charge in [-0.3, -0.25) is 4.79 Å². The van der Waals surface area contributed by atoms with Crippen LogP contribution in [-0.4, -0.2) is 16.9 Å². The lowest BCUT2D eigenvalue weighted by Gasteiger charge is -2.06. The molecule has 3 nitrogen and oxygen atoms in total. The van der Waals surface area contributed by atoms with E-state index in [1.807, 2.05) is 0 Å². The van der Waals surface area contributed by atoms with Crippen LogP contribution >= 0.6 is 15.9 Å². The van der Waals surface area contributed by atoms with Crippen LogP contribution < -0.4 is 5.73 Å². The first-order valence-electron chi connectivity index (χ1n) is 3.91. The van der Waals surface area contributed by atoms with Crippen molar-refractivity contribution in [3.63, 3.8) is 0 Å². The predicted octanol–water partition coefficient (Wildman–Crippen LogP) is 1.82. The highest BCUT2D eigenvalue weighted by Gasteiger charge is 2.15. The third kappa shape index (κ3) is 2.10. The molecule has 0 amide bonds. The van der Waals surface area contributed by atoms with Crippen molar-refractivity contribution in [2.45, 2.75) is 13.0 Å². The van der Waals surface area contributed by atoms with E-state index >= 15 is 0 Å². The van der Waals surface area contributed by atoms with Gasteiger partial charge in [0.15, 0.2) is 17.3 Å². The Morgan fingerprint density at radius 2 is 2.21 bits per heavy atom. The fourth-order valence-electron chi connectivity index (χ4n) is 0.971. The van der Waals surface area contributed by atoms with Crippen LogP contribution in [-0.2, 0) is 0 Å². The number of halogens is 2. The molecule has 3 N–H and O–H groups in total. The summed E-state index contributed by atoms with van der Waals surface area (Å²) in [6.45, 7) is 1.51. The molecule has 14 heavy (non-hydrogen) atoms. The van der Waals surface area contributed by atoms with Crippen molar-refractivity contribution >= 4 is 21.7 Å². The van der Waals surface area contributed by atoms with Gasteiger partial charge in [-0.2, -0.15) is 0 Å². The monoisotopic (exact) mass is 261 g/mol. The van der Waals surface area contributed by atoms with E-state index in [1.54, 1.807) is 0 Å². The van der Waals surface area contributed by atoms with Gasteiger partial charge >= 0.3 is 0 Å². The first kappa shape index (κ1) is 11.1. The highest BCUT2D eigenvalue weighted by Crippen LogP contribution is 2.28. The summed E-state index contributed by atoms with van der Waals surface area (Å²) in [6.07, 6.45) is 0. The smallest absolute Gasteiger partial charge is 0.179 e. The third-order valence-corrected chi connectivity index (χ3v) is 2.32. The Labute approximate surface area is 88.9 Å². The third-order valence-electron chi connectivity index (χ3n) is 1.71. The second-order valence-electron chi connectivity index (χ2n) is 2.94. The fourth-order valence-corrected chi connectivity index (χ4v) is 1.41. The van der Waals surface area contributed by atoms with Crippen LogP contribution in [0, 0.1) is 5.82 Å². The van der Waals surface area contributed by atoms with E-state index in [9.17, 15) is 9.18 Å². The maximum absolute atomic E-state index is 13.0. The number of hydrogen-bond acceptors (Lipinski definition) is 3. The summed E-state index contributed by atoms with van der Waals surface area (Å²) in [7, 11) is 0. The quantitative estimate of drug-likeness (QED) is 0.799. The van der Waals surface area contributed by atoms with Gasteiger partial charge in [0.25, 0.3) is 0 Å². The number of ketones is 1. The molecule has 0 aliphatic carbocycles. The van der Waals surface area contributed by atoms with Crippen LogP contribution in [0.3, 0.4) is 0 Å². The lowest BCUT2D eigenvalue weighted by Crippen LogP contribution is -2.26. The average Bonchev–Trinajstić information content (AvgIpc) is 2.12. The molecule has 0 bridgehead atoms. The molecular weight excluding hydrogens is 253 g/mol. The summed E-state index contributed by atoms with van der Waals surface area (Å²) in [4.78, 5) is 11.4. The first-order chi connectivity index (χ1) is 6.43. The summed E-state index contributed by atoms with van der Waals surface area (Å²) in [6, 6.07) is 1.61. The molecule has 5 heteroatoms. The number of nitrogens with two attached hydrogens (primary N) is 1. The maximum atomic E-state index is 13.0. The van der Waals surface area contributed by atoms with Crippen molar-refractivity contribution in [2.75, 3.05) is 0 Å². The molecule has 0 heterocycles. The molecule has 0 spiro atoms. The minimum absolute atomic E-state index is 0.140. The van der Waals surface area contributed by atoms with E-state index < -0.39 is 17.6 Å². The normalized spacial score (nSPS) is 12.6. The van der Waals surface area contributed by atoms with Crippen LogP contribution in [0.1, 0.15) is 17.3 Å². The van der Waals surface area contributed by atoms with E-state index in [0.29, 0.717) is 0 Å². The second-order valence-corrected chi connectivity index (χ2v) is 3.80. The van der Waals surface area contributed by atoms with E-state index in [2.05, 4.69) is 15.9 Å². The summed E-state index contributed by atoms with van der Waals surface area (Å²) < 4.78 is 13.1. The number of hydrogen-bond donors (Lipinski definition) is 2. The minimum atomic E-state index is -0.844. The van der Waals surface area contributed by atoms with E-state index in [-0.39, 0.29) is 15.8 Å². The highest BCUT2D eigenvalue weighted by molar-refractivity contribution is 9.10. The van der Waals surface area contributed by atoms with Crippen molar-refractivity contribution in [1.82, 2.24) is 0 Å². The first-order valence-corrected chi connectivity index (χ1v) is 4.70. The number of carbonyl (C=O) groups is 1. The van der Waals surface area contributed by atoms with Gasteiger partial charge in [-0.15, -0.1) is 0 Å². The average molecular weight is 262 g/mol. The lowest BCUT2D eigenvalue weighted by molar-refractivity contribution is 0.0967. The van der Waals surface area contributed by atoms with Crippen LogP contribution in [0.5, 0.6) is 5.75 Å². The molecule has 0 radical (unpaired) electrons. The summed E-state index contributed by atoms with van der Waals surface area (Å²) >= 11 is 2.93. The molecule has 1 atom stereocenters. The molecule has 76 valence electrons. The molecule has 1 aromatic carbocycles. The number of phenolic OH excluding ortho intramolecular Hbond substituents is 1. The van der Waals surface area contributed by atoms with Gasteiger partial charge in [-0.1, -0.05) is 0 Å². The van der Waals surface area contributed by atoms with Crippen molar-refractivity contribution in [2.24, 2.45) is 5.73 Å². The predicted molar refractivity (Wildman–Crippen MR) is 53.7 cm³/mol. The number of rotatable bonds is 2. The second kappa shape index (κ2) is 4.06. The highest BCUT2D eigenvalue weighted by atomic mass is 79.9. The van der Waals surface area contributed by atoms with Crippen LogP contribution in [0.25, 0.3) is 0 Å². The van der Waals surface area contributed by atoms with Gasteiger partial charge in [-0.05, 0) is 35.0 Å². The minimum Gasteiger partial charge on any atom is -0.504 e. The van der Waals surface area contributed by atoms with Crippen LogP contribution in [0.2, 0.25) is 0 Å². The zero-order valence-corrected chi connectivity index (χ0v) is 9.01. The number of carbonyl (C=O) groups excluding carboxylic acids is 1. The Balaban J connectivity index is 3.19. The van der Waals surface area contributed by atoms with E-state index in [1.165, 1.54) is 13.0 Å². The van der Waals surface area contributed by atoms with Gasteiger partial charge in [0, 0.05) is 5.56 Å². The molecule has 0 aliphatic heterocycles. The van der Waals surface area contributed by atoms with Crippen molar-refractivity contribution in [1.29, 1.82) is 0 Å². The molecular formula is C9H9BrFNO2. The zero-order chi connectivity index (χ0) is 10.9. The van der Waals surface area contributed by atoms with Crippen molar-refractivity contribution in [3.05, 3.63) is 28.0 Å². The summed E-state index contributed by atoms with van der Waals surface area (Å²) in [5.41, 5.74) is 5.50. The standard InChI is InChI=1S/C9H9BrFNO2/c1-4(12)8(13)5-2-6(10)9(14)7(11)3-5/h2-4,14H,12H2,1H3. The SMILES string of the molecule is CC(N)C(=O)c1cc(F)c(O)c(Br)c1. The van der Waals surface area contributed by atoms with Gasteiger partial charge in [0.2, 0.25) is 0 Å². The molecule has 1 rings (SSSR count). The Morgan fingerprint density at radius 3 is 2.64 bits per heavy atom. The number of benzene rings is 1. The Kier molecular flexibility index (Phi) is 3.23. The fraction of sp³-hybridized carbons (Fsp3) is 0.222. The molecule has 0 saturated carbocycles. The van der Waals surface area contributed by atoms with E-state index in [0.717, 1.165) is 6.07 Å². The molecule has 0 aliphatic rings. The molecule has 1 unspecified atom stereocenters. The van der Waals surface area contributed by atoms with Gasteiger partial charge in [0.05, 0.1) is 10.5 Å². The zero-order valence-electron chi connectivity index (χ0n) is 7.42. The molecule has 1 aromatic rings. The van der Waals surface area contributed by atoms with Crippen molar-refractivity contribution in [3.8, 4) is 5.75 Å². The van der Waals surface area contributed by atoms with Crippen LogP contribution in [0.15, 0.2) is 16.6 Å². The number of aromatic hydroxyl groups is 1. The van der Waals surface area contributed by atoms with E-state index in [4.69, 9.17) is 10.8 Å². The largest absolute Gasteiger partial charge is 0.504 e. The summed E-state index contributed by atoms with van der Waals surface area (Å²) in [5, 5.41) is 9.09. The molecule has 0 saturated heterocycles. The summed E-state index contributed by atoms with van der Waals surface area (Å²) in [5.74, 6) is -1.72. The lowest BCUT2D eigenvalue weighted by atomic mass is 10.1. The van der Waals surface area contributed by atoms with Gasteiger partial charge in [0.1, 0.15) is 0 Å².